The highest BCUT2D eigenvalue weighted by Crippen LogP contribution is 2.42. The molecule has 1 saturated heterocycles. The minimum Gasteiger partial charge on any atom is -0.485 e. The number of rotatable bonds is 2. The number of benzene rings is 1. The van der Waals surface area contributed by atoms with Crippen molar-refractivity contribution < 1.29 is 18.7 Å². The van der Waals surface area contributed by atoms with Crippen LogP contribution in [0.15, 0.2) is 23.6 Å². The van der Waals surface area contributed by atoms with Crippen LogP contribution in [0.2, 0.25) is 0 Å². The SMILES string of the molecule is O=C(c1scc2c1OCCO2)N1CCCC1c1nc2ccc(F)cc2[nH]1. The summed E-state index contributed by atoms with van der Waals surface area (Å²) in [5.41, 5.74) is 1.34. The summed E-state index contributed by atoms with van der Waals surface area (Å²) in [7, 11) is 0. The molecule has 1 unspecified atom stereocenters. The Morgan fingerprint density at radius 1 is 1.35 bits per heavy atom. The molecule has 2 aliphatic rings. The van der Waals surface area contributed by atoms with E-state index in [1.807, 2.05) is 10.3 Å². The quantitative estimate of drug-likeness (QED) is 0.746. The number of imidazole rings is 1. The Morgan fingerprint density at radius 2 is 2.23 bits per heavy atom. The van der Waals surface area contributed by atoms with Crippen LogP contribution in [-0.4, -0.2) is 40.5 Å². The number of amides is 1. The second-order valence-electron chi connectivity index (χ2n) is 6.40. The predicted octanol–water partition coefficient (Wildman–Crippen LogP) is 3.51. The van der Waals surface area contributed by atoms with E-state index in [0.717, 1.165) is 12.8 Å². The zero-order valence-corrected chi connectivity index (χ0v) is 14.6. The lowest BCUT2D eigenvalue weighted by molar-refractivity contribution is 0.0727. The minimum atomic E-state index is -0.311. The fourth-order valence-electron chi connectivity index (χ4n) is 3.59. The van der Waals surface area contributed by atoms with E-state index in [4.69, 9.17) is 9.47 Å². The number of ether oxygens (including phenoxy) is 2. The van der Waals surface area contributed by atoms with Crippen molar-refractivity contribution in [2.45, 2.75) is 18.9 Å². The highest BCUT2D eigenvalue weighted by atomic mass is 32.1. The van der Waals surface area contributed by atoms with Gasteiger partial charge in [-0.1, -0.05) is 0 Å². The Kier molecular flexibility index (Phi) is 3.59. The maximum Gasteiger partial charge on any atom is 0.268 e. The molecule has 26 heavy (non-hydrogen) atoms. The van der Waals surface area contributed by atoms with Gasteiger partial charge in [-0.15, -0.1) is 11.3 Å². The molecule has 0 radical (unpaired) electrons. The number of carbonyl (C=O) groups excluding carboxylic acids is 1. The van der Waals surface area contributed by atoms with Crippen LogP contribution in [0.4, 0.5) is 4.39 Å². The molecule has 0 saturated carbocycles. The van der Waals surface area contributed by atoms with Gasteiger partial charge in [0.05, 0.1) is 17.1 Å². The molecule has 1 amide bonds. The van der Waals surface area contributed by atoms with E-state index in [0.29, 0.717) is 53.0 Å². The van der Waals surface area contributed by atoms with Gasteiger partial charge in [0.25, 0.3) is 5.91 Å². The molecule has 1 fully saturated rings. The zero-order valence-electron chi connectivity index (χ0n) is 13.8. The van der Waals surface area contributed by atoms with Gasteiger partial charge in [-0.05, 0) is 31.0 Å². The number of aromatic amines is 1. The maximum atomic E-state index is 13.4. The highest BCUT2D eigenvalue weighted by molar-refractivity contribution is 7.12. The van der Waals surface area contributed by atoms with Crippen LogP contribution in [0.25, 0.3) is 11.0 Å². The van der Waals surface area contributed by atoms with Gasteiger partial charge in [0.15, 0.2) is 11.5 Å². The monoisotopic (exact) mass is 373 g/mol. The van der Waals surface area contributed by atoms with Gasteiger partial charge in [0, 0.05) is 11.9 Å². The van der Waals surface area contributed by atoms with Crippen molar-refractivity contribution in [3.8, 4) is 11.5 Å². The number of nitrogens with zero attached hydrogens (tertiary/aromatic N) is 2. The van der Waals surface area contributed by atoms with Crippen molar-refractivity contribution in [2.24, 2.45) is 0 Å². The second-order valence-corrected chi connectivity index (χ2v) is 7.27. The second kappa shape index (κ2) is 5.98. The lowest BCUT2D eigenvalue weighted by Crippen LogP contribution is -2.31. The summed E-state index contributed by atoms with van der Waals surface area (Å²) in [6.07, 6.45) is 1.71. The Morgan fingerprint density at radius 3 is 3.15 bits per heavy atom. The van der Waals surface area contributed by atoms with Gasteiger partial charge in [-0.25, -0.2) is 9.37 Å². The molecule has 6 nitrogen and oxygen atoms in total. The number of aromatic nitrogens is 2. The molecule has 0 bridgehead atoms. The Hall–Kier alpha value is -2.61. The summed E-state index contributed by atoms with van der Waals surface area (Å²) >= 11 is 1.34. The minimum absolute atomic E-state index is 0.0733. The summed E-state index contributed by atoms with van der Waals surface area (Å²) in [5.74, 6) is 1.49. The van der Waals surface area contributed by atoms with E-state index in [1.54, 1.807) is 6.07 Å². The van der Waals surface area contributed by atoms with Crippen molar-refractivity contribution in [3.05, 3.63) is 40.1 Å². The first kappa shape index (κ1) is 15.6. The molecule has 0 spiro atoms. The van der Waals surface area contributed by atoms with E-state index in [-0.39, 0.29) is 17.8 Å². The van der Waals surface area contributed by atoms with Gasteiger partial charge >= 0.3 is 0 Å². The van der Waals surface area contributed by atoms with E-state index >= 15 is 0 Å². The molecule has 2 aromatic heterocycles. The molecule has 1 atom stereocenters. The number of nitrogens with one attached hydrogen (secondary N) is 1. The van der Waals surface area contributed by atoms with Crippen LogP contribution in [0, 0.1) is 5.82 Å². The average molecular weight is 373 g/mol. The number of carbonyl (C=O) groups is 1. The van der Waals surface area contributed by atoms with Crippen LogP contribution in [0.5, 0.6) is 11.5 Å². The van der Waals surface area contributed by atoms with Gasteiger partial charge < -0.3 is 19.4 Å². The van der Waals surface area contributed by atoms with E-state index < -0.39 is 0 Å². The molecule has 8 heteroatoms. The van der Waals surface area contributed by atoms with Crippen molar-refractivity contribution in [1.82, 2.24) is 14.9 Å². The third-order valence-electron chi connectivity index (χ3n) is 4.79. The predicted molar refractivity (Wildman–Crippen MR) is 94.4 cm³/mol. The largest absolute Gasteiger partial charge is 0.485 e. The summed E-state index contributed by atoms with van der Waals surface area (Å²) < 4.78 is 24.6. The number of hydrogen-bond acceptors (Lipinski definition) is 5. The van der Waals surface area contributed by atoms with Crippen LogP contribution >= 0.6 is 11.3 Å². The standard InChI is InChI=1S/C18H16FN3O3S/c19-10-3-4-11-12(8-10)21-17(20-11)13-2-1-5-22(13)18(23)16-15-14(9-26-16)24-6-7-25-15/h3-4,8-9,13H,1-2,5-7H2,(H,20,21). The topological polar surface area (TPSA) is 67.5 Å². The third-order valence-corrected chi connectivity index (χ3v) is 5.71. The molecule has 4 heterocycles. The Labute approximate surface area is 152 Å². The van der Waals surface area contributed by atoms with Gasteiger partial charge in [0.1, 0.15) is 29.7 Å². The molecule has 2 aliphatic heterocycles. The van der Waals surface area contributed by atoms with Crippen molar-refractivity contribution in [1.29, 1.82) is 0 Å². The van der Waals surface area contributed by atoms with Crippen molar-refractivity contribution in [3.63, 3.8) is 0 Å². The molecule has 1 N–H and O–H groups in total. The molecular weight excluding hydrogens is 357 g/mol. The van der Waals surface area contributed by atoms with Gasteiger partial charge in [-0.2, -0.15) is 0 Å². The molecule has 134 valence electrons. The number of fused-ring (bicyclic) bond motifs is 2. The molecule has 0 aliphatic carbocycles. The molecule has 3 aromatic rings. The molecule has 1 aromatic carbocycles. The fourth-order valence-corrected chi connectivity index (χ4v) is 4.48. The highest BCUT2D eigenvalue weighted by Gasteiger charge is 2.36. The van der Waals surface area contributed by atoms with Gasteiger partial charge in [-0.3, -0.25) is 4.79 Å². The van der Waals surface area contributed by atoms with Crippen LogP contribution in [0.3, 0.4) is 0 Å². The number of likely N-dealkylation sites (tertiary alicyclic amines) is 1. The van der Waals surface area contributed by atoms with Crippen LogP contribution in [-0.2, 0) is 0 Å². The lowest BCUT2D eigenvalue weighted by atomic mass is 10.2. The van der Waals surface area contributed by atoms with Crippen LogP contribution in [0.1, 0.15) is 34.4 Å². The molecular formula is C18H16FN3O3S. The summed E-state index contributed by atoms with van der Waals surface area (Å²) in [4.78, 5) is 23.3. The first-order valence-electron chi connectivity index (χ1n) is 8.54. The summed E-state index contributed by atoms with van der Waals surface area (Å²) in [6.45, 7) is 1.60. The number of thiophene rings is 1. The third kappa shape index (κ3) is 2.44. The zero-order chi connectivity index (χ0) is 17.7. The maximum absolute atomic E-state index is 13.4. The smallest absolute Gasteiger partial charge is 0.268 e. The van der Waals surface area contributed by atoms with Crippen molar-refractivity contribution in [2.75, 3.05) is 19.8 Å². The summed E-state index contributed by atoms with van der Waals surface area (Å²) in [6, 6.07) is 4.31. The first-order valence-corrected chi connectivity index (χ1v) is 9.42. The van der Waals surface area contributed by atoms with E-state index in [9.17, 15) is 9.18 Å². The Bertz CT molecular complexity index is 999. The lowest BCUT2D eigenvalue weighted by Gasteiger charge is -2.23. The molecule has 5 rings (SSSR count). The average Bonchev–Trinajstić information content (AvgIpc) is 3.37. The first-order chi connectivity index (χ1) is 12.7. The number of hydrogen-bond donors (Lipinski definition) is 1. The Balaban J connectivity index is 1.48. The van der Waals surface area contributed by atoms with E-state index in [1.165, 1.54) is 23.5 Å². The fraction of sp³-hybridized carbons (Fsp3) is 0.333. The summed E-state index contributed by atoms with van der Waals surface area (Å²) in [5, 5.41) is 1.82. The number of halogens is 1. The van der Waals surface area contributed by atoms with Gasteiger partial charge in [0.2, 0.25) is 0 Å². The number of H-pyrrole nitrogens is 1. The van der Waals surface area contributed by atoms with Crippen LogP contribution < -0.4 is 9.47 Å². The normalized spacial score (nSPS) is 19.3. The van der Waals surface area contributed by atoms with Crippen molar-refractivity contribution >= 4 is 28.3 Å². The van der Waals surface area contributed by atoms with E-state index in [2.05, 4.69) is 9.97 Å².